The topological polar surface area (TPSA) is 42.9 Å². The number of carbonyl (C=O) groups excluding carboxylic acids is 1. The summed E-state index contributed by atoms with van der Waals surface area (Å²) < 4.78 is 0. The molecule has 2 rings (SSSR count). The number of benzene rings is 1. The van der Waals surface area contributed by atoms with E-state index in [9.17, 15) is 4.79 Å². The first-order valence-electron chi connectivity index (χ1n) is 5.20. The molecule has 0 saturated heterocycles. The number of rotatable bonds is 3. The van der Waals surface area contributed by atoms with Gasteiger partial charge in [0.25, 0.3) is 0 Å². The Kier molecular flexibility index (Phi) is 3.05. The lowest BCUT2D eigenvalue weighted by atomic mass is 10.1. The zero-order chi connectivity index (χ0) is 11.4. The van der Waals surface area contributed by atoms with Crippen molar-refractivity contribution in [3.8, 4) is 11.3 Å². The maximum absolute atomic E-state index is 10.6. The Morgan fingerprint density at radius 2 is 1.94 bits per heavy atom. The predicted octanol–water partition coefficient (Wildman–Crippen LogP) is 2.52. The molecule has 1 heterocycles. The van der Waals surface area contributed by atoms with E-state index in [1.54, 1.807) is 6.07 Å². The summed E-state index contributed by atoms with van der Waals surface area (Å²) in [5, 5.41) is 0. The first kappa shape index (κ1) is 10.5. The maximum Gasteiger partial charge on any atom is 0.168 e. The molecule has 0 aliphatic carbocycles. The molecule has 2 aromatic rings. The number of hydrogen-bond acceptors (Lipinski definition) is 3. The fourth-order valence-corrected chi connectivity index (χ4v) is 1.51. The summed E-state index contributed by atoms with van der Waals surface area (Å²) in [5.74, 6) is 0. The van der Waals surface area contributed by atoms with Crippen LogP contribution in [0.3, 0.4) is 0 Å². The molecule has 3 heteroatoms. The van der Waals surface area contributed by atoms with Crippen LogP contribution >= 0.6 is 0 Å². The zero-order valence-electron chi connectivity index (χ0n) is 9.05. The number of aldehydes is 1. The van der Waals surface area contributed by atoms with Gasteiger partial charge in [0.15, 0.2) is 6.29 Å². The van der Waals surface area contributed by atoms with E-state index in [0.29, 0.717) is 5.69 Å². The van der Waals surface area contributed by atoms with E-state index in [-0.39, 0.29) is 0 Å². The number of aryl methyl sites for hydroxylation is 1. The van der Waals surface area contributed by atoms with Gasteiger partial charge in [-0.25, -0.2) is 9.97 Å². The lowest BCUT2D eigenvalue weighted by molar-refractivity contribution is 0.111. The molecule has 0 amide bonds. The molecule has 0 unspecified atom stereocenters. The molecule has 0 fully saturated rings. The van der Waals surface area contributed by atoms with Gasteiger partial charge in [-0.1, -0.05) is 31.2 Å². The Hall–Kier alpha value is -2.03. The van der Waals surface area contributed by atoms with Crippen molar-refractivity contribution < 1.29 is 4.79 Å². The van der Waals surface area contributed by atoms with Crippen molar-refractivity contribution >= 4 is 6.29 Å². The molecule has 80 valence electrons. The molecule has 0 N–H and O–H groups in total. The van der Waals surface area contributed by atoms with Gasteiger partial charge in [0.05, 0.1) is 5.69 Å². The lowest BCUT2D eigenvalue weighted by Gasteiger charge is -2.02. The van der Waals surface area contributed by atoms with Crippen LogP contribution < -0.4 is 0 Å². The monoisotopic (exact) mass is 212 g/mol. The van der Waals surface area contributed by atoms with Crippen LogP contribution in [0.1, 0.15) is 23.0 Å². The molecule has 1 aromatic carbocycles. The van der Waals surface area contributed by atoms with Crippen molar-refractivity contribution in [2.45, 2.75) is 13.3 Å². The van der Waals surface area contributed by atoms with Crippen molar-refractivity contribution in [2.75, 3.05) is 0 Å². The van der Waals surface area contributed by atoms with Gasteiger partial charge >= 0.3 is 0 Å². The van der Waals surface area contributed by atoms with Gasteiger partial charge in [-0.2, -0.15) is 0 Å². The molecule has 0 aliphatic heterocycles. The van der Waals surface area contributed by atoms with E-state index in [1.165, 1.54) is 11.9 Å². The molecule has 0 aliphatic rings. The average molecular weight is 212 g/mol. The summed E-state index contributed by atoms with van der Waals surface area (Å²) >= 11 is 0. The second kappa shape index (κ2) is 4.66. The minimum Gasteiger partial charge on any atom is -0.296 e. The molecular formula is C13H12N2O. The van der Waals surface area contributed by atoms with E-state index in [1.807, 2.05) is 12.1 Å². The molecule has 0 bridgehead atoms. The van der Waals surface area contributed by atoms with Gasteiger partial charge < -0.3 is 0 Å². The second-order valence-electron chi connectivity index (χ2n) is 3.50. The summed E-state index contributed by atoms with van der Waals surface area (Å²) in [7, 11) is 0. The Bertz CT molecular complexity index is 492. The van der Waals surface area contributed by atoms with Crippen molar-refractivity contribution in [2.24, 2.45) is 0 Å². The highest BCUT2D eigenvalue weighted by Crippen LogP contribution is 2.17. The Labute approximate surface area is 94.2 Å². The molecule has 16 heavy (non-hydrogen) atoms. The van der Waals surface area contributed by atoms with Gasteiger partial charge in [-0.05, 0) is 18.1 Å². The van der Waals surface area contributed by atoms with Crippen molar-refractivity contribution in [3.05, 3.63) is 47.9 Å². The van der Waals surface area contributed by atoms with Crippen LogP contribution in [0.4, 0.5) is 0 Å². The maximum atomic E-state index is 10.6. The first-order chi connectivity index (χ1) is 7.83. The largest absolute Gasteiger partial charge is 0.296 e. The van der Waals surface area contributed by atoms with Crippen molar-refractivity contribution in [1.82, 2.24) is 9.97 Å². The third kappa shape index (κ3) is 2.14. The van der Waals surface area contributed by atoms with Crippen molar-refractivity contribution in [3.63, 3.8) is 0 Å². The van der Waals surface area contributed by atoms with Crippen LogP contribution in [0.25, 0.3) is 11.3 Å². The Morgan fingerprint density at radius 1 is 1.19 bits per heavy atom. The predicted molar refractivity (Wildman–Crippen MR) is 62.2 cm³/mol. The van der Waals surface area contributed by atoms with Crippen LogP contribution in [-0.4, -0.2) is 16.3 Å². The fraction of sp³-hybridized carbons (Fsp3) is 0.154. The van der Waals surface area contributed by atoms with Gasteiger partial charge in [0.2, 0.25) is 0 Å². The third-order valence-corrected chi connectivity index (χ3v) is 2.47. The molecule has 3 nitrogen and oxygen atoms in total. The van der Waals surface area contributed by atoms with E-state index in [0.717, 1.165) is 24.0 Å². The van der Waals surface area contributed by atoms with Crippen LogP contribution in [0, 0.1) is 0 Å². The zero-order valence-corrected chi connectivity index (χ0v) is 9.05. The van der Waals surface area contributed by atoms with Gasteiger partial charge in [-0.15, -0.1) is 0 Å². The average Bonchev–Trinajstić information content (AvgIpc) is 2.39. The highest BCUT2D eigenvalue weighted by molar-refractivity contribution is 5.74. The normalized spacial score (nSPS) is 10.1. The van der Waals surface area contributed by atoms with Crippen LogP contribution in [0.15, 0.2) is 36.7 Å². The second-order valence-corrected chi connectivity index (χ2v) is 3.50. The smallest absolute Gasteiger partial charge is 0.168 e. The summed E-state index contributed by atoms with van der Waals surface area (Å²) in [6.45, 7) is 2.12. The number of hydrogen-bond donors (Lipinski definition) is 0. The third-order valence-electron chi connectivity index (χ3n) is 2.47. The van der Waals surface area contributed by atoms with E-state index >= 15 is 0 Å². The summed E-state index contributed by atoms with van der Waals surface area (Å²) in [6.07, 6.45) is 3.15. The summed E-state index contributed by atoms with van der Waals surface area (Å²) in [5.41, 5.74) is 3.47. The summed E-state index contributed by atoms with van der Waals surface area (Å²) in [6, 6.07) is 9.84. The van der Waals surface area contributed by atoms with Crippen LogP contribution in [-0.2, 0) is 6.42 Å². The fourth-order valence-electron chi connectivity index (χ4n) is 1.51. The Balaban J connectivity index is 2.38. The molecule has 0 saturated carbocycles. The van der Waals surface area contributed by atoms with Crippen LogP contribution in [0.2, 0.25) is 0 Å². The number of aromatic nitrogens is 2. The Morgan fingerprint density at radius 3 is 2.56 bits per heavy atom. The summed E-state index contributed by atoms with van der Waals surface area (Å²) in [4.78, 5) is 18.6. The van der Waals surface area contributed by atoms with E-state index in [2.05, 4.69) is 29.0 Å². The lowest BCUT2D eigenvalue weighted by Crippen LogP contribution is -1.91. The highest BCUT2D eigenvalue weighted by Gasteiger charge is 2.01. The first-order valence-corrected chi connectivity index (χ1v) is 5.20. The van der Waals surface area contributed by atoms with Gasteiger partial charge in [0, 0.05) is 5.56 Å². The van der Waals surface area contributed by atoms with Gasteiger partial charge in [0.1, 0.15) is 12.0 Å². The van der Waals surface area contributed by atoms with Crippen molar-refractivity contribution in [1.29, 1.82) is 0 Å². The molecule has 1 aromatic heterocycles. The van der Waals surface area contributed by atoms with E-state index < -0.39 is 0 Å². The van der Waals surface area contributed by atoms with Gasteiger partial charge in [-0.3, -0.25) is 4.79 Å². The molecule has 0 spiro atoms. The molecular weight excluding hydrogens is 200 g/mol. The molecule has 0 radical (unpaired) electrons. The minimum atomic E-state index is 0.407. The van der Waals surface area contributed by atoms with E-state index in [4.69, 9.17) is 0 Å². The SMILES string of the molecule is CCc1ccc(-c2cc(C=O)ncn2)cc1. The quantitative estimate of drug-likeness (QED) is 0.734. The van der Waals surface area contributed by atoms with Crippen LogP contribution in [0.5, 0.6) is 0 Å². The highest BCUT2D eigenvalue weighted by atomic mass is 16.1. The number of nitrogens with zero attached hydrogens (tertiary/aromatic N) is 2. The standard InChI is InChI=1S/C13H12N2O/c1-2-10-3-5-11(6-4-10)13-7-12(8-16)14-9-15-13/h3-9H,2H2,1H3. The minimum absolute atomic E-state index is 0.407. The molecule has 0 atom stereocenters. The number of carbonyl (C=O) groups is 1.